The second kappa shape index (κ2) is 6.09. The van der Waals surface area contributed by atoms with E-state index in [9.17, 15) is 0 Å². The molecule has 1 fully saturated rings. The third-order valence-corrected chi connectivity index (χ3v) is 3.44. The largest absolute Gasteiger partial charge is 0.378 e. The molecule has 0 bridgehead atoms. The Morgan fingerprint density at radius 1 is 1.24 bits per heavy atom. The number of hydrogen-bond acceptors (Lipinski definition) is 7. The van der Waals surface area contributed by atoms with E-state index in [2.05, 4.69) is 20.0 Å². The van der Waals surface area contributed by atoms with Crippen LogP contribution in [0.2, 0.25) is 0 Å². The average molecular weight is 289 g/mol. The number of rotatable bonds is 4. The Balaban J connectivity index is 1.72. The van der Waals surface area contributed by atoms with Crippen molar-refractivity contribution < 1.29 is 9.26 Å². The van der Waals surface area contributed by atoms with Crippen LogP contribution in [-0.4, -0.2) is 48.5 Å². The number of hydrogen-bond donors (Lipinski definition) is 0. The summed E-state index contributed by atoms with van der Waals surface area (Å²) in [6.45, 7) is 5.75. The van der Waals surface area contributed by atoms with Crippen LogP contribution in [-0.2, 0) is 11.3 Å². The molecule has 0 amide bonds. The Morgan fingerprint density at radius 3 is 2.76 bits per heavy atom. The summed E-state index contributed by atoms with van der Waals surface area (Å²) in [5, 5.41) is 4.01. The normalized spacial score (nSPS) is 15.2. The van der Waals surface area contributed by atoms with E-state index in [0.29, 0.717) is 6.54 Å². The molecule has 21 heavy (non-hydrogen) atoms. The van der Waals surface area contributed by atoms with E-state index in [1.54, 1.807) is 6.33 Å². The molecule has 1 aliphatic rings. The molecule has 0 saturated carbocycles. The van der Waals surface area contributed by atoms with E-state index in [4.69, 9.17) is 9.26 Å². The minimum atomic E-state index is 0.650. The van der Waals surface area contributed by atoms with Crippen LogP contribution in [0.5, 0.6) is 0 Å². The Bertz CT molecular complexity index is 595. The lowest BCUT2D eigenvalue weighted by atomic mass is 10.3. The summed E-state index contributed by atoms with van der Waals surface area (Å²) in [5.74, 6) is 2.62. The van der Waals surface area contributed by atoms with E-state index in [1.165, 1.54) is 0 Å². The smallest absolute Gasteiger partial charge is 0.134 e. The quantitative estimate of drug-likeness (QED) is 0.839. The molecule has 0 N–H and O–H groups in total. The summed E-state index contributed by atoms with van der Waals surface area (Å²) >= 11 is 0. The zero-order chi connectivity index (χ0) is 14.7. The minimum Gasteiger partial charge on any atom is -0.378 e. The maximum atomic E-state index is 5.37. The van der Waals surface area contributed by atoms with Gasteiger partial charge in [0.2, 0.25) is 0 Å². The van der Waals surface area contributed by atoms with Crippen LogP contribution >= 0.6 is 0 Å². The number of nitrogens with zero attached hydrogens (tertiary/aromatic N) is 5. The average Bonchev–Trinajstić information content (AvgIpc) is 2.93. The van der Waals surface area contributed by atoms with Gasteiger partial charge in [-0.1, -0.05) is 5.16 Å². The first-order valence-corrected chi connectivity index (χ1v) is 7.00. The van der Waals surface area contributed by atoms with E-state index in [1.807, 2.05) is 31.0 Å². The topological polar surface area (TPSA) is 67.5 Å². The van der Waals surface area contributed by atoms with Gasteiger partial charge in [-0.05, 0) is 6.92 Å². The van der Waals surface area contributed by atoms with Crippen molar-refractivity contribution >= 4 is 11.6 Å². The molecule has 0 spiro atoms. The van der Waals surface area contributed by atoms with Crippen molar-refractivity contribution in [3.05, 3.63) is 29.9 Å². The lowest BCUT2D eigenvalue weighted by Crippen LogP contribution is -2.36. The highest BCUT2D eigenvalue weighted by atomic mass is 16.5. The van der Waals surface area contributed by atoms with Gasteiger partial charge >= 0.3 is 0 Å². The molecule has 112 valence electrons. The zero-order valence-corrected chi connectivity index (χ0v) is 12.3. The van der Waals surface area contributed by atoms with Gasteiger partial charge in [0, 0.05) is 32.3 Å². The number of anilines is 2. The van der Waals surface area contributed by atoms with Crippen molar-refractivity contribution in [1.29, 1.82) is 0 Å². The summed E-state index contributed by atoms with van der Waals surface area (Å²) < 4.78 is 10.5. The predicted molar refractivity (Wildman–Crippen MR) is 78.4 cm³/mol. The molecule has 1 saturated heterocycles. The van der Waals surface area contributed by atoms with Crippen LogP contribution in [0.3, 0.4) is 0 Å². The van der Waals surface area contributed by atoms with Crippen molar-refractivity contribution in [3.63, 3.8) is 0 Å². The molecule has 0 atom stereocenters. The predicted octanol–water partition coefficient (Wildman–Crippen LogP) is 1.25. The number of aryl methyl sites for hydroxylation is 1. The highest BCUT2D eigenvalue weighted by molar-refractivity contribution is 5.50. The third-order valence-electron chi connectivity index (χ3n) is 3.44. The Hall–Kier alpha value is -2.15. The number of morpholine rings is 1. The van der Waals surface area contributed by atoms with Gasteiger partial charge in [0.15, 0.2) is 0 Å². The first-order chi connectivity index (χ1) is 10.2. The molecule has 1 aliphatic heterocycles. The van der Waals surface area contributed by atoms with Gasteiger partial charge in [-0.2, -0.15) is 0 Å². The molecular weight excluding hydrogens is 270 g/mol. The van der Waals surface area contributed by atoms with Gasteiger partial charge in [0.25, 0.3) is 0 Å². The summed E-state index contributed by atoms with van der Waals surface area (Å²) in [5.41, 5.74) is 0.890. The molecule has 0 unspecified atom stereocenters. The molecule has 7 nitrogen and oxygen atoms in total. The highest BCUT2D eigenvalue weighted by Gasteiger charge is 2.14. The second-order valence-electron chi connectivity index (χ2n) is 5.12. The van der Waals surface area contributed by atoms with Crippen LogP contribution in [0.4, 0.5) is 11.6 Å². The van der Waals surface area contributed by atoms with Crippen molar-refractivity contribution in [3.8, 4) is 0 Å². The highest BCUT2D eigenvalue weighted by Crippen LogP contribution is 2.19. The lowest BCUT2D eigenvalue weighted by molar-refractivity contribution is 0.122. The maximum Gasteiger partial charge on any atom is 0.134 e. The van der Waals surface area contributed by atoms with Gasteiger partial charge in [-0.15, -0.1) is 0 Å². The fourth-order valence-corrected chi connectivity index (χ4v) is 2.33. The summed E-state index contributed by atoms with van der Waals surface area (Å²) in [6, 6.07) is 3.93. The first kappa shape index (κ1) is 13.8. The van der Waals surface area contributed by atoms with Gasteiger partial charge in [0.1, 0.15) is 29.4 Å². The minimum absolute atomic E-state index is 0.650. The first-order valence-electron chi connectivity index (χ1n) is 7.00. The monoisotopic (exact) mass is 289 g/mol. The van der Waals surface area contributed by atoms with Crippen molar-refractivity contribution in [2.75, 3.05) is 43.2 Å². The van der Waals surface area contributed by atoms with E-state index < -0.39 is 0 Å². The van der Waals surface area contributed by atoms with Gasteiger partial charge in [-0.3, -0.25) is 0 Å². The lowest BCUT2D eigenvalue weighted by Gasteiger charge is -2.28. The van der Waals surface area contributed by atoms with E-state index in [0.717, 1.165) is 49.4 Å². The third kappa shape index (κ3) is 3.30. The molecule has 3 rings (SSSR count). The van der Waals surface area contributed by atoms with Crippen molar-refractivity contribution in [2.24, 2.45) is 0 Å². The second-order valence-corrected chi connectivity index (χ2v) is 5.12. The maximum absolute atomic E-state index is 5.37. The van der Waals surface area contributed by atoms with Crippen LogP contribution < -0.4 is 9.80 Å². The van der Waals surface area contributed by atoms with Gasteiger partial charge < -0.3 is 19.1 Å². The molecular formula is C14H19N5O2. The van der Waals surface area contributed by atoms with Crippen LogP contribution in [0.25, 0.3) is 0 Å². The molecule has 0 radical (unpaired) electrons. The Morgan fingerprint density at radius 2 is 2.05 bits per heavy atom. The van der Waals surface area contributed by atoms with Crippen LogP contribution in [0.1, 0.15) is 11.5 Å². The van der Waals surface area contributed by atoms with Crippen molar-refractivity contribution in [2.45, 2.75) is 13.5 Å². The van der Waals surface area contributed by atoms with E-state index >= 15 is 0 Å². The van der Waals surface area contributed by atoms with Crippen molar-refractivity contribution in [1.82, 2.24) is 15.1 Å². The summed E-state index contributed by atoms with van der Waals surface area (Å²) in [4.78, 5) is 12.9. The molecule has 3 heterocycles. The Labute approximate surface area is 123 Å². The molecule has 2 aromatic rings. The standard InChI is InChI=1S/C14H19N5O2/c1-11-7-12(17-21-11)9-18(2)13-8-14(16-10-15-13)19-3-5-20-6-4-19/h7-8,10H,3-6,9H2,1-2H3. The number of ether oxygens (including phenoxy) is 1. The molecule has 2 aromatic heterocycles. The van der Waals surface area contributed by atoms with E-state index in [-0.39, 0.29) is 0 Å². The van der Waals surface area contributed by atoms with Gasteiger partial charge in [0.05, 0.1) is 19.8 Å². The zero-order valence-electron chi connectivity index (χ0n) is 12.3. The fourth-order valence-electron chi connectivity index (χ4n) is 2.33. The Kier molecular flexibility index (Phi) is 4.01. The molecule has 0 aliphatic carbocycles. The molecule has 0 aromatic carbocycles. The summed E-state index contributed by atoms with van der Waals surface area (Å²) in [6.07, 6.45) is 1.60. The SMILES string of the molecule is Cc1cc(CN(C)c2cc(N3CCOCC3)ncn2)no1. The molecule has 7 heteroatoms. The van der Waals surface area contributed by atoms with Crippen LogP contribution in [0, 0.1) is 6.92 Å². The van der Waals surface area contributed by atoms with Crippen LogP contribution in [0.15, 0.2) is 23.0 Å². The number of aromatic nitrogens is 3. The summed E-state index contributed by atoms with van der Waals surface area (Å²) in [7, 11) is 1.98. The fraction of sp³-hybridized carbons (Fsp3) is 0.500. The van der Waals surface area contributed by atoms with Gasteiger partial charge in [-0.25, -0.2) is 9.97 Å².